The summed E-state index contributed by atoms with van der Waals surface area (Å²) in [4.78, 5) is 35.7. The Balaban J connectivity index is 2.15. The maximum atomic E-state index is 12.7. The van der Waals surface area contributed by atoms with Gasteiger partial charge in [0.05, 0.1) is 11.3 Å². The van der Waals surface area contributed by atoms with Gasteiger partial charge < -0.3 is 5.11 Å². The molecule has 2 aromatic carbocycles. The Kier molecular flexibility index (Phi) is 4.15. The van der Waals surface area contributed by atoms with E-state index in [1.165, 1.54) is 11.3 Å². The lowest BCUT2D eigenvalue weighted by molar-refractivity contribution is -0.136. The van der Waals surface area contributed by atoms with Crippen LogP contribution < -0.4 is 5.43 Å². The zero-order chi connectivity index (χ0) is 16.6. The molecule has 0 saturated heterocycles. The third-order valence-corrected chi connectivity index (χ3v) is 4.90. The number of Topliss-reactive ketones (excluding diaryl/α,β-unsaturated/α-hetero) is 1. The number of carboxylic acid groups (broad SMARTS) is 1. The summed E-state index contributed by atoms with van der Waals surface area (Å²) in [6, 6.07) is 10.3. The molecule has 0 aliphatic carbocycles. The van der Waals surface area contributed by atoms with Gasteiger partial charge in [-0.25, -0.2) is 0 Å². The fourth-order valence-electron chi connectivity index (χ4n) is 2.37. The van der Waals surface area contributed by atoms with Gasteiger partial charge >= 0.3 is 5.97 Å². The molecule has 1 N–H and O–H groups in total. The first-order chi connectivity index (χ1) is 11.0. The predicted octanol–water partition coefficient (Wildman–Crippen LogP) is 4.12. The minimum Gasteiger partial charge on any atom is -0.481 e. The molecule has 0 aliphatic rings. The highest BCUT2D eigenvalue weighted by Crippen LogP contribution is 2.26. The molecular formula is C17H11ClO4S. The maximum absolute atomic E-state index is 12.7. The fourth-order valence-corrected chi connectivity index (χ4v) is 3.57. The Labute approximate surface area is 139 Å². The lowest BCUT2D eigenvalue weighted by Crippen LogP contribution is -2.02. The van der Waals surface area contributed by atoms with Gasteiger partial charge in [-0.2, -0.15) is 0 Å². The summed E-state index contributed by atoms with van der Waals surface area (Å²) in [6.45, 7) is 0. The number of hydrogen-bond acceptors (Lipinski definition) is 4. The van der Waals surface area contributed by atoms with Gasteiger partial charge in [0, 0.05) is 26.9 Å². The van der Waals surface area contributed by atoms with Crippen molar-refractivity contribution >= 4 is 55.5 Å². The first kappa shape index (κ1) is 15.6. The van der Waals surface area contributed by atoms with Gasteiger partial charge in [0.25, 0.3) is 0 Å². The van der Waals surface area contributed by atoms with Gasteiger partial charge in [-0.3, -0.25) is 14.4 Å². The van der Waals surface area contributed by atoms with E-state index in [2.05, 4.69) is 0 Å². The van der Waals surface area contributed by atoms with Crippen LogP contribution in [-0.2, 0) is 4.79 Å². The first-order valence-electron chi connectivity index (χ1n) is 6.87. The van der Waals surface area contributed by atoms with E-state index in [9.17, 15) is 14.4 Å². The number of carbonyl (C=O) groups excluding carboxylic acids is 1. The highest BCUT2D eigenvalue weighted by atomic mass is 35.5. The minimum absolute atomic E-state index is 0.0744. The number of rotatable bonds is 4. The fraction of sp³-hybridized carbons (Fsp3) is 0.118. The molecule has 1 heterocycles. The molecule has 1 aromatic heterocycles. The number of aliphatic carboxylic acids is 1. The van der Waals surface area contributed by atoms with Crippen LogP contribution in [0.15, 0.2) is 41.2 Å². The van der Waals surface area contributed by atoms with Crippen molar-refractivity contribution in [2.75, 3.05) is 0 Å². The van der Waals surface area contributed by atoms with E-state index in [1.807, 2.05) is 6.07 Å². The molecule has 3 rings (SSSR count). The lowest BCUT2D eigenvalue weighted by Gasteiger charge is -1.94. The van der Waals surface area contributed by atoms with Gasteiger partial charge in [0.1, 0.15) is 0 Å². The predicted molar refractivity (Wildman–Crippen MR) is 91.8 cm³/mol. The van der Waals surface area contributed by atoms with Crippen LogP contribution in [0.1, 0.15) is 22.5 Å². The summed E-state index contributed by atoms with van der Waals surface area (Å²) < 4.78 is 0.695. The molecule has 0 spiro atoms. The van der Waals surface area contributed by atoms with Crippen molar-refractivity contribution in [2.45, 2.75) is 12.8 Å². The van der Waals surface area contributed by atoms with Crippen LogP contribution in [0.4, 0.5) is 0 Å². The molecule has 4 nitrogen and oxygen atoms in total. The molecule has 116 valence electrons. The van der Waals surface area contributed by atoms with E-state index in [-0.39, 0.29) is 24.1 Å². The van der Waals surface area contributed by atoms with Gasteiger partial charge in [-0.05, 0) is 29.7 Å². The highest BCUT2D eigenvalue weighted by molar-refractivity contribution is 7.20. The lowest BCUT2D eigenvalue weighted by atomic mass is 10.1. The standard InChI is InChI=1S/C17H11ClO4S/c18-10-3-1-9-2-5-14-12(17(22)11(9)7-10)8-15(23-14)13(19)4-6-16(20)21/h1-3,5,7-8H,4,6H2,(H,20,21). The van der Waals surface area contributed by atoms with Crippen LogP contribution in [0.25, 0.3) is 20.9 Å². The van der Waals surface area contributed by atoms with Crippen LogP contribution >= 0.6 is 22.9 Å². The van der Waals surface area contributed by atoms with Crippen molar-refractivity contribution in [3.63, 3.8) is 0 Å². The first-order valence-corrected chi connectivity index (χ1v) is 8.06. The van der Waals surface area contributed by atoms with E-state index in [4.69, 9.17) is 16.7 Å². The molecule has 0 amide bonds. The van der Waals surface area contributed by atoms with Crippen molar-refractivity contribution < 1.29 is 14.7 Å². The average Bonchev–Trinajstić information content (AvgIpc) is 2.90. The van der Waals surface area contributed by atoms with E-state index in [1.54, 1.807) is 30.3 Å². The summed E-state index contributed by atoms with van der Waals surface area (Å²) in [5, 5.41) is 10.9. The largest absolute Gasteiger partial charge is 0.481 e. The van der Waals surface area contributed by atoms with Crippen molar-refractivity contribution in [1.82, 2.24) is 0 Å². The van der Waals surface area contributed by atoms with Gasteiger partial charge in [0.15, 0.2) is 11.2 Å². The number of hydrogen-bond donors (Lipinski definition) is 1. The molecule has 23 heavy (non-hydrogen) atoms. The Morgan fingerprint density at radius 1 is 1.04 bits per heavy atom. The SMILES string of the molecule is O=C(O)CCC(=O)c1cc2c(=O)c3cc(Cl)ccc3ccc2s1. The van der Waals surface area contributed by atoms with E-state index < -0.39 is 5.97 Å². The summed E-state index contributed by atoms with van der Waals surface area (Å²) in [6.07, 6.45) is -0.293. The smallest absolute Gasteiger partial charge is 0.303 e. The number of halogens is 1. The van der Waals surface area contributed by atoms with Crippen LogP contribution in [0.3, 0.4) is 0 Å². The third kappa shape index (κ3) is 3.11. The molecule has 0 unspecified atom stereocenters. The number of ketones is 1. The molecular weight excluding hydrogens is 336 g/mol. The van der Waals surface area contributed by atoms with Gasteiger partial charge in [-0.15, -0.1) is 11.3 Å². The second-order valence-corrected chi connectivity index (χ2v) is 6.62. The van der Waals surface area contributed by atoms with Gasteiger partial charge in [0.2, 0.25) is 0 Å². The minimum atomic E-state index is -1.02. The average molecular weight is 347 g/mol. The second kappa shape index (κ2) is 6.10. The highest BCUT2D eigenvalue weighted by Gasteiger charge is 2.14. The third-order valence-electron chi connectivity index (χ3n) is 3.52. The quantitative estimate of drug-likeness (QED) is 0.721. The Morgan fingerprint density at radius 2 is 1.78 bits per heavy atom. The number of fused-ring (bicyclic) bond motifs is 2. The van der Waals surface area contributed by atoms with E-state index in [0.29, 0.717) is 25.4 Å². The van der Waals surface area contributed by atoms with E-state index >= 15 is 0 Å². The van der Waals surface area contributed by atoms with E-state index in [0.717, 1.165) is 5.39 Å². The summed E-state index contributed by atoms with van der Waals surface area (Å²) in [7, 11) is 0. The topological polar surface area (TPSA) is 71.4 Å². The molecule has 0 fully saturated rings. The van der Waals surface area contributed by atoms with Crippen LogP contribution in [0.2, 0.25) is 5.02 Å². The monoisotopic (exact) mass is 346 g/mol. The zero-order valence-electron chi connectivity index (χ0n) is 11.8. The molecule has 0 saturated carbocycles. The molecule has 0 atom stereocenters. The summed E-state index contributed by atoms with van der Waals surface area (Å²) in [5.74, 6) is -1.28. The Hall–Kier alpha value is -2.24. The normalized spacial score (nSPS) is 11.0. The number of thiophene rings is 1. The summed E-state index contributed by atoms with van der Waals surface area (Å²) >= 11 is 7.17. The van der Waals surface area contributed by atoms with Gasteiger partial charge in [-0.1, -0.05) is 23.7 Å². The van der Waals surface area contributed by atoms with Crippen molar-refractivity contribution in [1.29, 1.82) is 0 Å². The number of benzene rings is 1. The van der Waals surface area contributed by atoms with Crippen LogP contribution in [0.5, 0.6) is 0 Å². The van der Waals surface area contributed by atoms with Crippen LogP contribution in [-0.4, -0.2) is 16.9 Å². The van der Waals surface area contributed by atoms with Crippen LogP contribution in [0, 0.1) is 0 Å². The number of carboxylic acids is 1. The Bertz CT molecular complexity index is 1010. The maximum Gasteiger partial charge on any atom is 0.303 e. The molecule has 6 heteroatoms. The zero-order valence-corrected chi connectivity index (χ0v) is 13.4. The summed E-state index contributed by atoms with van der Waals surface area (Å²) in [5.41, 5.74) is -0.184. The molecule has 0 bridgehead atoms. The molecule has 3 aromatic rings. The molecule has 0 radical (unpaired) electrons. The van der Waals surface area contributed by atoms with Crippen molar-refractivity contribution in [2.24, 2.45) is 0 Å². The van der Waals surface area contributed by atoms with Crippen molar-refractivity contribution in [3.05, 3.63) is 56.5 Å². The van der Waals surface area contributed by atoms with Crippen molar-refractivity contribution in [3.8, 4) is 0 Å². The number of carbonyl (C=O) groups is 2. The Morgan fingerprint density at radius 3 is 2.52 bits per heavy atom. The molecule has 0 aliphatic heterocycles. The second-order valence-electron chi connectivity index (χ2n) is 5.10.